The molecule has 0 saturated carbocycles. The van der Waals surface area contributed by atoms with Gasteiger partial charge in [-0.05, 0) is 12.5 Å². The van der Waals surface area contributed by atoms with Crippen molar-refractivity contribution < 1.29 is 0 Å². The van der Waals surface area contributed by atoms with Crippen LogP contribution in [0.5, 0.6) is 0 Å². The molecule has 0 spiro atoms. The van der Waals surface area contributed by atoms with Crippen LogP contribution in [0.25, 0.3) is 0 Å². The van der Waals surface area contributed by atoms with Crippen molar-refractivity contribution in [2.75, 3.05) is 18.0 Å². The molecule has 0 radical (unpaired) electrons. The Morgan fingerprint density at radius 1 is 1.45 bits per heavy atom. The molecule has 1 aliphatic heterocycles. The van der Waals surface area contributed by atoms with Crippen LogP contribution >= 0.6 is 22.6 Å². The molecule has 0 aromatic carbocycles. The number of aromatic nitrogens is 2. The second kappa shape index (κ2) is 2.92. The van der Waals surface area contributed by atoms with Gasteiger partial charge in [0.2, 0.25) is 0 Å². The Hall–Kier alpha value is -0.390. The molecule has 1 aromatic rings. The van der Waals surface area contributed by atoms with Gasteiger partial charge in [-0.3, -0.25) is 0 Å². The molecular weight excluding hydrogens is 253 g/mol. The zero-order chi connectivity index (χ0) is 7.68. The summed E-state index contributed by atoms with van der Waals surface area (Å²) in [6, 6.07) is 1.96. The third kappa shape index (κ3) is 1.45. The Labute approximate surface area is 79.0 Å². The summed E-state index contributed by atoms with van der Waals surface area (Å²) < 4.78 is 0.826. The minimum absolute atomic E-state index is 0.826. The summed E-state index contributed by atoms with van der Waals surface area (Å²) in [5, 5.41) is 0. The van der Waals surface area contributed by atoms with Crippen LogP contribution in [-0.4, -0.2) is 23.1 Å². The fourth-order valence-corrected chi connectivity index (χ4v) is 1.46. The Kier molecular flexibility index (Phi) is 1.93. The van der Waals surface area contributed by atoms with Crippen LogP contribution < -0.4 is 4.90 Å². The van der Waals surface area contributed by atoms with E-state index in [-0.39, 0.29) is 0 Å². The molecule has 0 amide bonds. The molecule has 0 aliphatic carbocycles. The predicted molar refractivity (Wildman–Crippen MR) is 51.6 cm³/mol. The molecule has 4 heteroatoms. The molecule has 0 atom stereocenters. The van der Waals surface area contributed by atoms with Crippen molar-refractivity contribution >= 4 is 28.4 Å². The highest BCUT2D eigenvalue weighted by Gasteiger charge is 2.15. The van der Waals surface area contributed by atoms with Gasteiger partial charge in [-0.25, -0.2) is 9.97 Å². The first-order valence-electron chi connectivity index (χ1n) is 3.60. The van der Waals surface area contributed by atoms with E-state index >= 15 is 0 Å². The van der Waals surface area contributed by atoms with Crippen LogP contribution in [0.3, 0.4) is 0 Å². The molecule has 2 rings (SSSR count). The second-order valence-corrected chi connectivity index (χ2v) is 3.49. The van der Waals surface area contributed by atoms with Crippen LogP contribution in [-0.2, 0) is 0 Å². The van der Waals surface area contributed by atoms with Crippen LogP contribution in [0, 0.1) is 3.83 Å². The third-order valence-corrected chi connectivity index (χ3v) is 2.31. The van der Waals surface area contributed by atoms with Crippen molar-refractivity contribution in [3.05, 3.63) is 16.1 Å². The third-order valence-electron chi connectivity index (χ3n) is 1.79. The van der Waals surface area contributed by atoms with Gasteiger partial charge in [0.25, 0.3) is 0 Å². The second-order valence-electron chi connectivity index (χ2n) is 2.52. The zero-order valence-electron chi connectivity index (χ0n) is 6.00. The smallest absolute Gasteiger partial charge is 0.192 e. The van der Waals surface area contributed by atoms with E-state index in [1.807, 2.05) is 12.3 Å². The van der Waals surface area contributed by atoms with Crippen molar-refractivity contribution in [3.63, 3.8) is 0 Å². The van der Waals surface area contributed by atoms with E-state index in [9.17, 15) is 0 Å². The molecule has 0 unspecified atom stereocenters. The van der Waals surface area contributed by atoms with Crippen molar-refractivity contribution in [1.29, 1.82) is 0 Å². The molecule has 2 heterocycles. The number of nitrogens with zero attached hydrogens (tertiary/aromatic N) is 3. The van der Waals surface area contributed by atoms with Gasteiger partial charge >= 0.3 is 0 Å². The maximum absolute atomic E-state index is 4.30. The SMILES string of the molecule is Ic1nccc(N2CCC2)n1. The highest BCUT2D eigenvalue weighted by atomic mass is 127. The van der Waals surface area contributed by atoms with E-state index in [2.05, 4.69) is 37.5 Å². The molecule has 1 aliphatic rings. The summed E-state index contributed by atoms with van der Waals surface area (Å²) in [5.74, 6) is 1.07. The van der Waals surface area contributed by atoms with E-state index in [0.717, 1.165) is 22.7 Å². The van der Waals surface area contributed by atoms with Crippen LogP contribution in [0.4, 0.5) is 5.82 Å². The Morgan fingerprint density at radius 2 is 2.27 bits per heavy atom. The fourth-order valence-electron chi connectivity index (χ4n) is 1.05. The summed E-state index contributed by atoms with van der Waals surface area (Å²) in [7, 11) is 0. The Morgan fingerprint density at radius 3 is 2.82 bits per heavy atom. The normalized spacial score (nSPS) is 16.3. The van der Waals surface area contributed by atoms with Crippen molar-refractivity contribution in [2.24, 2.45) is 0 Å². The molecule has 1 aromatic heterocycles. The van der Waals surface area contributed by atoms with Gasteiger partial charge in [0, 0.05) is 41.9 Å². The van der Waals surface area contributed by atoms with Gasteiger partial charge in [-0.2, -0.15) is 0 Å². The standard InChI is InChI=1S/C7H8IN3/c8-7-9-3-2-6(10-7)11-4-1-5-11/h2-3H,1,4-5H2. The maximum atomic E-state index is 4.30. The van der Waals surface area contributed by atoms with E-state index in [1.165, 1.54) is 6.42 Å². The van der Waals surface area contributed by atoms with E-state index < -0.39 is 0 Å². The van der Waals surface area contributed by atoms with Crippen LogP contribution in [0.2, 0.25) is 0 Å². The molecular formula is C7H8IN3. The summed E-state index contributed by atoms with van der Waals surface area (Å²) in [4.78, 5) is 10.6. The van der Waals surface area contributed by atoms with Crippen LogP contribution in [0.15, 0.2) is 12.3 Å². The van der Waals surface area contributed by atoms with Gasteiger partial charge < -0.3 is 4.90 Å². The Balaban J connectivity index is 2.23. The summed E-state index contributed by atoms with van der Waals surface area (Å²) in [6.07, 6.45) is 3.10. The number of halogens is 1. The predicted octanol–water partition coefficient (Wildman–Crippen LogP) is 1.29. The highest BCUT2D eigenvalue weighted by Crippen LogP contribution is 2.16. The molecule has 11 heavy (non-hydrogen) atoms. The number of rotatable bonds is 1. The zero-order valence-corrected chi connectivity index (χ0v) is 8.15. The van der Waals surface area contributed by atoms with Gasteiger partial charge in [0.15, 0.2) is 3.83 Å². The lowest BCUT2D eigenvalue weighted by molar-refractivity contribution is 0.608. The summed E-state index contributed by atoms with van der Waals surface area (Å²) in [5.41, 5.74) is 0. The van der Waals surface area contributed by atoms with E-state index in [0.29, 0.717) is 0 Å². The lowest BCUT2D eigenvalue weighted by Crippen LogP contribution is -2.37. The molecule has 1 fully saturated rings. The first kappa shape index (κ1) is 7.27. The summed E-state index contributed by atoms with van der Waals surface area (Å²) >= 11 is 2.13. The number of hydrogen-bond acceptors (Lipinski definition) is 3. The number of hydrogen-bond donors (Lipinski definition) is 0. The lowest BCUT2D eigenvalue weighted by atomic mass is 10.2. The largest absolute Gasteiger partial charge is 0.356 e. The van der Waals surface area contributed by atoms with E-state index in [1.54, 1.807) is 0 Å². The monoisotopic (exact) mass is 261 g/mol. The summed E-state index contributed by atoms with van der Waals surface area (Å²) in [6.45, 7) is 2.29. The van der Waals surface area contributed by atoms with Gasteiger partial charge in [-0.15, -0.1) is 0 Å². The molecule has 3 nitrogen and oxygen atoms in total. The number of anilines is 1. The average molecular weight is 261 g/mol. The molecule has 0 bridgehead atoms. The van der Waals surface area contributed by atoms with E-state index in [4.69, 9.17) is 0 Å². The fraction of sp³-hybridized carbons (Fsp3) is 0.429. The van der Waals surface area contributed by atoms with Gasteiger partial charge in [0.1, 0.15) is 5.82 Å². The average Bonchev–Trinajstić information content (AvgIpc) is 1.83. The van der Waals surface area contributed by atoms with Crippen molar-refractivity contribution in [3.8, 4) is 0 Å². The van der Waals surface area contributed by atoms with Crippen molar-refractivity contribution in [2.45, 2.75) is 6.42 Å². The van der Waals surface area contributed by atoms with Gasteiger partial charge in [-0.1, -0.05) is 0 Å². The molecule has 0 N–H and O–H groups in total. The minimum atomic E-state index is 0.826. The molecule has 58 valence electrons. The van der Waals surface area contributed by atoms with Crippen LogP contribution in [0.1, 0.15) is 6.42 Å². The Bertz CT molecular complexity index is 260. The van der Waals surface area contributed by atoms with Gasteiger partial charge in [0.05, 0.1) is 0 Å². The molecule has 1 saturated heterocycles. The maximum Gasteiger partial charge on any atom is 0.192 e. The highest BCUT2D eigenvalue weighted by molar-refractivity contribution is 14.1. The first-order chi connectivity index (χ1) is 5.36. The quantitative estimate of drug-likeness (QED) is 0.563. The lowest BCUT2D eigenvalue weighted by Gasteiger charge is -2.31. The minimum Gasteiger partial charge on any atom is -0.356 e. The first-order valence-corrected chi connectivity index (χ1v) is 4.67. The topological polar surface area (TPSA) is 29.0 Å². The van der Waals surface area contributed by atoms with Crippen molar-refractivity contribution in [1.82, 2.24) is 9.97 Å².